The average molecular weight is 310 g/mol. The highest BCUT2D eigenvalue weighted by atomic mass is 32.2. The van der Waals surface area contributed by atoms with Crippen LogP contribution in [0.3, 0.4) is 0 Å². The molecule has 0 radical (unpaired) electrons. The highest BCUT2D eigenvalue weighted by Gasteiger charge is 2.36. The Hall–Kier alpha value is -0.550. The van der Waals surface area contributed by atoms with Gasteiger partial charge in [0.05, 0.1) is 6.10 Å². The van der Waals surface area contributed by atoms with Gasteiger partial charge in [-0.25, -0.2) is 0 Å². The fourth-order valence-electron chi connectivity index (χ4n) is 2.96. The van der Waals surface area contributed by atoms with E-state index in [0.717, 1.165) is 60.7 Å². The predicted molar refractivity (Wildman–Crippen MR) is 85.9 cm³/mol. The van der Waals surface area contributed by atoms with Crippen LogP contribution in [0.4, 0.5) is 0 Å². The Morgan fingerprint density at radius 1 is 1.24 bits per heavy atom. The van der Waals surface area contributed by atoms with Gasteiger partial charge in [0.1, 0.15) is 0 Å². The van der Waals surface area contributed by atoms with Crippen molar-refractivity contribution in [2.75, 3.05) is 0 Å². The summed E-state index contributed by atoms with van der Waals surface area (Å²) in [4.78, 5) is 0.804. The SMILES string of the molecule is CCCC(O)c1cccc(SC(O)(O)C2CCCCC2)c1. The summed E-state index contributed by atoms with van der Waals surface area (Å²) in [6.07, 6.45) is 6.25. The Balaban J connectivity index is 2.05. The van der Waals surface area contributed by atoms with Crippen molar-refractivity contribution in [3.05, 3.63) is 29.8 Å². The van der Waals surface area contributed by atoms with E-state index in [1.807, 2.05) is 31.2 Å². The first kappa shape index (κ1) is 16.8. The fourth-order valence-corrected chi connectivity index (χ4v) is 4.05. The molecular formula is C17H26O3S. The minimum Gasteiger partial charge on any atom is -0.388 e. The molecule has 0 spiro atoms. The number of rotatable bonds is 6. The highest BCUT2D eigenvalue weighted by molar-refractivity contribution is 8.00. The van der Waals surface area contributed by atoms with Crippen molar-refractivity contribution in [3.8, 4) is 0 Å². The standard InChI is InChI=1S/C17H26O3S/c1-2-7-16(18)13-8-6-11-15(12-13)21-17(19,20)14-9-4-3-5-10-14/h6,8,11-12,14,16,18-20H,2-5,7,9-10H2,1H3. The van der Waals surface area contributed by atoms with E-state index in [-0.39, 0.29) is 5.92 Å². The van der Waals surface area contributed by atoms with Crippen LogP contribution < -0.4 is 0 Å². The van der Waals surface area contributed by atoms with Crippen LogP contribution in [0.15, 0.2) is 29.2 Å². The summed E-state index contributed by atoms with van der Waals surface area (Å²) in [5.74, 6) is -0.0690. The van der Waals surface area contributed by atoms with Gasteiger partial charge in [-0.05, 0) is 37.0 Å². The lowest BCUT2D eigenvalue weighted by molar-refractivity contribution is -0.127. The maximum atomic E-state index is 10.4. The second kappa shape index (κ2) is 7.63. The minimum absolute atomic E-state index is 0.0690. The van der Waals surface area contributed by atoms with Gasteiger partial charge in [0, 0.05) is 10.8 Å². The lowest BCUT2D eigenvalue weighted by atomic mass is 9.88. The summed E-state index contributed by atoms with van der Waals surface area (Å²) < 4.78 is 0. The first-order valence-corrected chi connectivity index (χ1v) is 8.76. The van der Waals surface area contributed by atoms with Crippen LogP contribution in [0, 0.1) is 5.92 Å². The van der Waals surface area contributed by atoms with Crippen LogP contribution >= 0.6 is 11.8 Å². The van der Waals surface area contributed by atoms with Crippen molar-refractivity contribution in [1.82, 2.24) is 0 Å². The lowest BCUT2D eigenvalue weighted by Gasteiger charge is -2.33. The highest BCUT2D eigenvalue weighted by Crippen LogP contribution is 2.41. The van der Waals surface area contributed by atoms with Crippen LogP contribution in [0.1, 0.15) is 63.5 Å². The minimum atomic E-state index is -1.71. The number of hydrogen-bond donors (Lipinski definition) is 3. The smallest absolute Gasteiger partial charge is 0.220 e. The molecule has 1 atom stereocenters. The average Bonchev–Trinajstić information content (AvgIpc) is 2.48. The zero-order chi connectivity index (χ0) is 15.3. The number of benzene rings is 1. The Kier molecular flexibility index (Phi) is 6.11. The third-order valence-electron chi connectivity index (χ3n) is 4.21. The molecule has 4 heteroatoms. The number of hydrogen-bond acceptors (Lipinski definition) is 4. The summed E-state index contributed by atoms with van der Waals surface area (Å²) in [5, 5.41) is 29.1. The van der Waals surface area contributed by atoms with Crippen LogP contribution in [0.5, 0.6) is 0 Å². The molecule has 1 saturated carbocycles. The molecule has 21 heavy (non-hydrogen) atoms. The Morgan fingerprint density at radius 2 is 1.95 bits per heavy atom. The van der Waals surface area contributed by atoms with E-state index in [9.17, 15) is 15.3 Å². The van der Waals surface area contributed by atoms with Crippen molar-refractivity contribution < 1.29 is 15.3 Å². The molecule has 0 aliphatic heterocycles. The van der Waals surface area contributed by atoms with Gasteiger partial charge in [-0.1, -0.05) is 56.5 Å². The Bertz CT molecular complexity index is 441. The maximum Gasteiger partial charge on any atom is 0.220 e. The van der Waals surface area contributed by atoms with Crippen molar-refractivity contribution in [2.24, 2.45) is 5.92 Å². The van der Waals surface area contributed by atoms with Gasteiger partial charge in [0.15, 0.2) is 0 Å². The summed E-state index contributed by atoms with van der Waals surface area (Å²) in [7, 11) is 0. The maximum absolute atomic E-state index is 10.4. The van der Waals surface area contributed by atoms with Gasteiger partial charge < -0.3 is 15.3 Å². The van der Waals surface area contributed by atoms with Crippen molar-refractivity contribution >= 4 is 11.8 Å². The first-order chi connectivity index (χ1) is 10.0. The molecule has 1 aliphatic carbocycles. The molecule has 3 nitrogen and oxygen atoms in total. The van der Waals surface area contributed by atoms with Crippen LogP contribution in [0.25, 0.3) is 0 Å². The number of aliphatic hydroxyl groups is 3. The molecule has 0 heterocycles. The van der Waals surface area contributed by atoms with Gasteiger partial charge in [0.2, 0.25) is 5.12 Å². The molecule has 3 N–H and O–H groups in total. The van der Waals surface area contributed by atoms with Gasteiger partial charge in [-0.2, -0.15) is 0 Å². The summed E-state index contributed by atoms with van der Waals surface area (Å²) in [6, 6.07) is 7.50. The largest absolute Gasteiger partial charge is 0.388 e. The molecular weight excluding hydrogens is 284 g/mol. The van der Waals surface area contributed by atoms with E-state index < -0.39 is 11.2 Å². The van der Waals surface area contributed by atoms with E-state index in [4.69, 9.17) is 0 Å². The lowest BCUT2D eigenvalue weighted by Crippen LogP contribution is -2.35. The zero-order valence-electron chi connectivity index (χ0n) is 12.7. The first-order valence-electron chi connectivity index (χ1n) is 7.94. The monoisotopic (exact) mass is 310 g/mol. The van der Waals surface area contributed by atoms with Crippen LogP contribution in [0.2, 0.25) is 0 Å². The summed E-state index contributed by atoms with van der Waals surface area (Å²) in [6.45, 7) is 2.04. The molecule has 0 amide bonds. The quantitative estimate of drug-likeness (QED) is 0.552. The van der Waals surface area contributed by atoms with E-state index in [1.54, 1.807) is 0 Å². The summed E-state index contributed by atoms with van der Waals surface area (Å²) in [5.41, 5.74) is 0.848. The normalized spacial score (nSPS) is 18.7. The van der Waals surface area contributed by atoms with Gasteiger partial charge in [-0.3, -0.25) is 0 Å². The summed E-state index contributed by atoms with van der Waals surface area (Å²) >= 11 is 1.10. The molecule has 1 aromatic rings. The zero-order valence-corrected chi connectivity index (χ0v) is 13.5. The van der Waals surface area contributed by atoms with Crippen LogP contribution in [-0.4, -0.2) is 20.4 Å². The molecule has 0 saturated heterocycles. The van der Waals surface area contributed by atoms with E-state index >= 15 is 0 Å². The molecule has 1 unspecified atom stereocenters. The fraction of sp³-hybridized carbons (Fsp3) is 0.647. The Morgan fingerprint density at radius 3 is 2.62 bits per heavy atom. The van der Waals surface area contributed by atoms with Crippen LogP contribution in [-0.2, 0) is 0 Å². The second-order valence-corrected chi connectivity index (χ2v) is 7.25. The number of aliphatic hydroxyl groups excluding tert-OH is 1. The van der Waals surface area contributed by atoms with Gasteiger partial charge in [-0.15, -0.1) is 0 Å². The number of thioether (sulfide) groups is 1. The van der Waals surface area contributed by atoms with Crippen molar-refractivity contribution in [3.63, 3.8) is 0 Å². The van der Waals surface area contributed by atoms with E-state index in [1.165, 1.54) is 6.42 Å². The topological polar surface area (TPSA) is 60.7 Å². The molecule has 2 rings (SSSR count). The van der Waals surface area contributed by atoms with E-state index in [0.29, 0.717) is 0 Å². The molecule has 0 aromatic heterocycles. The van der Waals surface area contributed by atoms with Gasteiger partial charge >= 0.3 is 0 Å². The van der Waals surface area contributed by atoms with Crippen molar-refractivity contribution in [2.45, 2.75) is 68.0 Å². The molecule has 1 aromatic carbocycles. The third-order valence-corrected chi connectivity index (χ3v) is 5.33. The second-order valence-electron chi connectivity index (χ2n) is 5.97. The molecule has 1 aliphatic rings. The molecule has 118 valence electrons. The predicted octanol–water partition coefficient (Wildman–Crippen LogP) is 3.83. The van der Waals surface area contributed by atoms with Crippen molar-refractivity contribution in [1.29, 1.82) is 0 Å². The molecule has 1 fully saturated rings. The van der Waals surface area contributed by atoms with E-state index in [2.05, 4.69) is 0 Å². The van der Waals surface area contributed by atoms with Gasteiger partial charge in [0.25, 0.3) is 0 Å². The third kappa shape index (κ3) is 4.71. The molecule has 0 bridgehead atoms. The Labute approximate surface area is 131 Å².